The summed E-state index contributed by atoms with van der Waals surface area (Å²) in [6.07, 6.45) is -25.7. The molecule has 90 heavy (non-hydrogen) atoms. The van der Waals surface area contributed by atoms with Gasteiger partial charge in [0.1, 0.15) is 45.8 Å². The number of halogens is 22. The molecule has 1 N–H and O–H groups in total. The summed E-state index contributed by atoms with van der Waals surface area (Å²) in [7, 11) is -7.18. The van der Waals surface area contributed by atoms with Crippen molar-refractivity contribution in [2.24, 2.45) is 0 Å². The molecule has 0 fully saturated rings. The second-order valence-electron chi connectivity index (χ2n) is 21.0. The third-order valence-corrected chi connectivity index (χ3v) is 14.2. The third kappa shape index (κ3) is 13.8. The van der Waals surface area contributed by atoms with Gasteiger partial charge in [-0.2, -0.15) is 87.4 Å². The SMILES string of the molecule is CC(C)(C)Oc1ccc(C(c2ccc(Oc3c(F)c(F)c(-c4c(F)c(F)c(Oc5ccc(Oc6ccc(Oc7cc(SC(F)(F)C(F)(F)OC(F)(F)C(F)(F)S(=O)(=O)O)cc(C(C)(C)C)c7)cc6)cc5)c(F)c4F)c(F)c3F)cc2)(C(F)(F)F)C(F)(F)F)cc1. The maximum atomic E-state index is 15.6. The molecule has 486 valence electrons. The molecule has 0 saturated heterocycles. The Bertz CT molecular complexity index is 3850. The van der Waals surface area contributed by atoms with Crippen LogP contribution in [0.2, 0.25) is 0 Å². The van der Waals surface area contributed by atoms with Crippen molar-refractivity contribution in [1.29, 1.82) is 0 Å². The second-order valence-corrected chi connectivity index (χ2v) is 23.6. The molecule has 0 aliphatic carbocycles. The van der Waals surface area contributed by atoms with Gasteiger partial charge in [-0.05, 0) is 146 Å². The van der Waals surface area contributed by atoms with Crippen LogP contribution < -0.4 is 23.7 Å². The van der Waals surface area contributed by atoms with Crippen LogP contribution in [0.5, 0.6) is 51.7 Å². The van der Waals surface area contributed by atoms with Gasteiger partial charge in [-0.15, -0.1) is 0 Å². The number of hydrogen-bond acceptors (Lipinski definition) is 9. The van der Waals surface area contributed by atoms with Crippen LogP contribution in [0.4, 0.5) is 96.6 Å². The smallest absolute Gasteiger partial charge is 0.460 e. The molecular weight excluding hydrogens is 1310 g/mol. The molecule has 0 aliphatic heterocycles. The van der Waals surface area contributed by atoms with Crippen molar-refractivity contribution in [3.8, 4) is 62.9 Å². The average Bonchev–Trinajstić information content (AvgIpc) is 0.731. The van der Waals surface area contributed by atoms with Crippen molar-refractivity contribution < 1.29 is 138 Å². The first-order valence-electron chi connectivity index (χ1n) is 24.8. The predicted molar refractivity (Wildman–Crippen MR) is 274 cm³/mol. The van der Waals surface area contributed by atoms with Gasteiger partial charge in [-0.1, -0.05) is 45.0 Å². The number of rotatable bonds is 19. The Morgan fingerprint density at radius 3 is 1.03 bits per heavy atom. The molecule has 0 heterocycles. The molecular formula is C57H38F22O9S2. The largest absolute Gasteiger partial charge is 0.488 e. The first-order valence-corrected chi connectivity index (χ1v) is 27.0. The van der Waals surface area contributed by atoms with Gasteiger partial charge in [0.15, 0.2) is 23.3 Å². The molecule has 7 aromatic rings. The van der Waals surface area contributed by atoms with Gasteiger partial charge in [0.05, 0.1) is 11.1 Å². The quantitative estimate of drug-likeness (QED) is 0.0364. The molecule has 0 radical (unpaired) electrons. The molecule has 0 atom stereocenters. The van der Waals surface area contributed by atoms with Gasteiger partial charge >= 0.3 is 45.2 Å². The molecule has 7 aromatic carbocycles. The Balaban J connectivity index is 1.06. The highest BCUT2D eigenvalue weighted by Crippen LogP contribution is 2.58. The van der Waals surface area contributed by atoms with Crippen LogP contribution in [0.1, 0.15) is 58.2 Å². The van der Waals surface area contributed by atoms with Crippen molar-refractivity contribution in [2.75, 3.05) is 0 Å². The van der Waals surface area contributed by atoms with Crippen molar-refractivity contribution >= 4 is 21.9 Å². The fourth-order valence-electron chi connectivity index (χ4n) is 8.14. The van der Waals surface area contributed by atoms with Gasteiger partial charge in [-0.3, -0.25) is 4.55 Å². The monoisotopic (exact) mass is 1350 g/mol. The van der Waals surface area contributed by atoms with E-state index in [1.165, 1.54) is 51.1 Å². The summed E-state index contributed by atoms with van der Waals surface area (Å²) in [5.41, 5.74) is -14.3. The van der Waals surface area contributed by atoms with Crippen LogP contribution in [0, 0.1) is 46.5 Å². The molecule has 0 spiro atoms. The number of ether oxygens (including phenoxy) is 6. The zero-order valence-electron chi connectivity index (χ0n) is 45.8. The van der Waals surface area contributed by atoms with E-state index in [9.17, 15) is 69.9 Å². The number of thioether (sulfide) groups is 1. The van der Waals surface area contributed by atoms with Crippen LogP contribution in [-0.4, -0.2) is 53.7 Å². The Kier molecular flexibility index (Phi) is 18.7. The number of hydrogen-bond donors (Lipinski definition) is 1. The Morgan fingerprint density at radius 1 is 0.389 bits per heavy atom. The highest BCUT2D eigenvalue weighted by atomic mass is 32.2. The number of benzene rings is 7. The summed E-state index contributed by atoms with van der Waals surface area (Å²) in [6.45, 7) is 9.16. The second kappa shape index (κ2) is 24.1. The van der Waals surface area contributed by atoms with Crippen molar-refractivity contribution in [3.05, 3.63) is 178 Å². The van der Waals surface area contributed by atoms with Gasteiger partial charge in [0, 0.05) is 4.90 Å². The predicted octanol–water partition coefficient (Wildman–Crippen LogP) is 19.9. The molecule has 0 unspecified atom stereocenters. The lowest BCUT2D eigenvalue weighted by molar-refractivity contribution is -0.441. The van der Waals surface area contributed by atoms with Gasteiger partial charge in [0.25, 0.3) is 0 Å². The molecule has 0 aliphatic rings. The molecule has 0 saturated carbocycles. The summed E-state index contributed by atoms with van der Waals surface area (Å²) in [4.78, 5) is -0.862. The van der Waals surface area contributed by atoms with Gasteiger partial charge < -0.3 is 23.7 Å². The minimum Gasteiger partial charge on any atom is -0.488 e. The van der Waals surface area contributed by atoms with Crippen molar-refractivity contribution in [1.82, 2.24) is 0 Å². The maximum Gasteiger partial charge on any atom is 0.460 e. The lowest BCUT2D eigenvalue weighted by atomic mass is 9.73. The Morgan fingerprint density at radius 2 is 0.711 bits per heavy atom. The van der Waals surface area contributed by atoms with Crippen LogP contribution in [-0.2, 0) is 25.7 Å². The average molecular weight is 1350 g/mol. The minimum absolute atomic E-state index is 0.0438. The fourth-order valence-corrected chi connectivity index (χ4v) is 9.30. The first kappa shape index (κ1) is 69.7. The van der Waals surface area contributed by atoms with Crippen LogP contribution >= 0.6 is 11.8 Å². The molecule has 0 aromatic heterocycles. The summed E-state index contributed by atoms with van der Waals surface area (Å²) in [6, 6.07) is 14.9. The molecule has 9 nitrogen and oxygen atoms in total. The van der Waals surface area contributed by atoms with E-state index in [1.54, 1.807) is 20.8 Å². The summed E-state index contributed by atoms with van der Waals surface area (Å²) < 4.78 is 385. The maximum absolute atomic E-state index is 15.6. The Labute approximate surface area is 497 Å². The highest BCUT2D eigenvalue weighted by molar-refractivity contribution is 8.00. The third-order valence-electron chi connectivity index (χ3n) is 12.4. The van der Waals surface area contributed by atoms with E-state index < -0.39 is 170 Å². The zero-order valence-corrected chi connectivity index (χ0v) is 47.4. The van der Waals surface area contributed by atoms with E-state index in [4.69, 9.17) is 28.2 Å². The zero-order chi connectivity index (χ0) is 67.7. The van der Waals surface area contributed by atoms with Crippen LogP contribution in [0.25, 0.3) is 11.1 Å². The number of alkyl halides is 14. The first-order chi connectivity index (χ1) is 41.0. The molecule has 33 heteroatoms. The van der Waals surface area contributed by atoms with Gasteiger partial charge in [0.2, 0.25) is 40.2 Å². The van der Waals surface area contributed by atoms with E-state index in [0.717, 1.165) is 42.5 Å². The lowest BCUT2D eigenvalue weighted by Crippen LogP contribution is -2.55. The normalized spacial score (nSPS) is 13.3. The summed E-state index contributed by atoms with van der Waals surface area (Å²) >= 11 is -1.19. The van der Waals surface area contributed by atoms with Crippen LogP contribution in [0.3, 0.4) is 0 Å². The Hall–Kier alpha value is -7.78. The van der Waals surface area contributed by atoms with E-state index in [2.05, 4.69) is 4.74 Å². The van der Waals surface area contributed by atoms with E-state index >= 15 is 35.1 Å². The van der Waals surface area contributed by atoms with E-state index in [1.807, 2.05) is 0 Å². The fraction of sp³-hybridized carbons (Fsp3) is 0.263. The van der Waals surface area contributed by atoms with Crippen molar-refractivity contribution in [3.63, 3.8) is 0 Å². The van der Waals surface area contributed by atoms with Gasteiger partial charge in [-0.25, -0.2) is 22.3 Å². The van der Waals surface area contributed by atoms with Crippen molar-refractivity contribution in [2.45, 2.75) is 97.9 Å². The van der Waals surface area contributed by atoms with E-state index in [0.29, 0.717) is 30.3 Å². The lowest BCUT2D eigenvalue weighted by Gasteiger charge is -2.38. The van der Waals surface area contributed by atoms with E-state index in [-0.39, 0.29) is 46.4 Å². The molecule has 0 bridgehead atoms. The minimum atomic E-state index is -7.18. The van der Waals surface area contributed by atoms with Crippen LogP contribution in [0.15, 0.2) is 120 Å². The summed E-state index contributed by atoms with van der Waals surface area (Å²) in [5.74, 6) is -28.0. The summed E-state index contributed by atoms with van der Waals surface area (Å²) in [5, 5.41) is -12.7. The highest BCUT2D eigenvalue weighted by Gasteiger charge is 2.75. The molecule has 0 amide bonds. The standard InChI is InChI=1S/C57H38F22O9S2/c1-49(2,3)28-23-35(25-36(24-28)89-56(76,77)54(72,73)88-55(74,75)57(78,79)90(80,81)82)84-31-17-15-29(16-18-31)83-30-19-21-33(22-20-30)86-48-45(64)41(60)38(42(61)46(48)65)37-39(58)43(62)47(44(63)40(37)59)85-32-11-7-26(8-12-32)51(52(66,67)68,53(69,70)71)27-9-13-34(14-10-27)87-50(4,5)6/h7-25H,1-6H3,(H,80,81,82). The molecule has 7 rings (SSSR count). The topological polar surface area (TPSA) is 110 Å².